The first kappa shape index (κ1) is 20.2. The van der Waals surface area contributed by atoms with Crippen LogP contribution in [0.5, 0.6) is 0 Å². The molecular weight excluding hydrogens is 368 g/mol. The molecule has 1 atom stereocenters. The Hall–Kier alpha value is -2.57. The highest BCUT2D eigenvalue weighted by molar-refractivity contribution is 7.17. The summed E-state index contributed by atoms with van der Waals surface area (Å²) in [6.07, 6.45) is 1.74. The van der Waals surface area contributed by atoms with Crippen LogP contribution in [-0.2, 0) is 0 Å². The van der Waals surface area contributed by atoms with E-state index in [9.17, 15) is 4.79 Å². The number of likely N-dealkylation sites (N-methyl/N-ethyl adjacent to an activating group) is 1. The lowest BCUT2D eigenvalue weighted by Gasteiger charge is -2.30. The number of thiazole rings is 1. The summed E-state index contributed by atoms with van der Waals surface area (Å²) in [5.74, 6) is -0.0785. The molecule has 0 aliphatic heterocycles. The summed E-state index contributed by atoms with van der Waals surface area (Å²) >= 11 is 1.39. The average Bonchev–Trinajstić information content (AvgIpc) is 3.14. The summed E-state index contributed by atoms with van der Waals surface area (Å²) in [4.78, 5) is 24.7. The minimum atomic E-state index is -0.0785. The second-order valence-electron chi connectivity index (χ2n) is 6.51. The lowest BCUT2D eigenvalue weighted by atomic mass is 10.1. The molecule has 0 bridgehead atoms. The molecule has 2 heterocycles. The second-order valence-corrected chi connectivity index (χ2v) is 7.51. The molecule has 28 heavy (non-hydrogen) atoms. The molecular formula is C22H26N4OS. The van der Waals surface area contributed by atoms with E-state index in [1.54, 1.807) is 6.20 Å². The first-order valence-electron chi connectivity index (χ1n) is 9.60. The van der Waals surface area contributed by atoms with Crippen molar-refractivity contribution in [1.29, 1.82) is 0 Å². The van der Waals surface area contributed by atoms with E-state index >= 15 is 0 Å². The Kier molecular flexibility index (Phi) is 6.90. The van der Waals surface area contributed by atoms with Gasteiger partial charge in [0.15, 0.2) is 0 Å². The van der Waals surface area contributed by atoms with Gasteiger partial charge >= 0.3 is 0 Å². The quantitative estimate of drug-likeness (QED) is 0.618. The molecule has 6 heteroatoms. The highest BCUT2D eigenvalue weighted by Crippen LogP contribution is 2.26. The van der Waals surface area contributed by atoms with Gasteiger partial charge in [0.05, 0.1) is 17.4 Å². The van der Waals surface area contributed by atoms with Crippen molar-refractivity contribution >= 4 is 17.2 Å². The van der Waals surface area contributed by atoms with Crippen molar-refractivity contribution in [2.45, 2.75) is 26.8 Å². The molecule has 3 aromatic rings. The third-order valence-electron chi connectivity index (χ3n) is 4.78. The number of carbonyl (C=O) groups is 1. The number of aryl methyl sites for hydroxylation is 1. The van der Waals surface area contributed by atoms with Crippen LogP contribution in [0.4, 0.5) is 0 Å². The van der Waals surface area contributed by atoms with E-state index in [1.807, 2.05) is 43.3 Å². The molecule has 146 valence electrons. The van der Waals surface area contributed by atoms with Crippen LogP contribution in [0.2, 0.25) is 0 Å². The molecule has 5 nitrogen and oxygen atoms in total. The zero-order chi connectivity index (χ0) is 19.9. The summed E-state index contributed by atoms with van der Waals surface area (Å²) in [7, 11) is 0. The molecule has 0 spiro atoms. The van der Waals surface area contributed by atoms with Gasteiger partial charge in [-0.1, -0.05) is 50.2 Å². The van der Waals surface area contributed by atoms with Gasteiger partial charge in [-0.25, -0.2) is 4.98 Å². The number of hydrogen-bond acceptors (Lipinski definition) is 5. The SMILES string of the molecule is CCN(CC)C(CNC(=O)c1sc(-c2ccccn2)nc1C)c1ccccc1. The van der Waals surface area contributed by atoms with Gasteiger partial charge in [-0.15, -0.1) is 11.3 Å². The lowest BCUT2D eigenvalue weighted by Crippen LogP contribution is -2.38. The number of carbonyl (C=O) groups excluding carboxylic acids is 1. The Balaban J connectivity index is 1.75. The summed E-state index contributed by atoms with van der Waals surface area (Å²) in [6, 6.07) is 16.2. The van der Waals surface area contributed by atoms with Crippen molar-refractivity contribution in [3.63, 3.8) is 0 Å². The van der Waals surface area contributed by atoms with Gasteiger partial charge in [0.2, 0.25) is 0 Å². The molecule has 0 aliphatic rings. The third-order valence-corrected chi connectivity index (χ3v) is 5.96. The van der Waals surface area contributed by atoms with Gasteiger partial charge in [0, 0.05) is 12.7 Å². The van der Waals surface area contributed by atoms with Crippen molar-refractivity contribution in [3.8, 4) is 10.7 Å². The van der Waals surface area contributed by atoms with Gasteiger partial charge in [-0.3, -0.25) is 14.7 Å². The number of nitrogens with zero attached hydrogens (tertiary/aromatic N) is 3. The highest BCUT2D eigenvalue weighted by atomic mass is 32.1. The molecule has 0 aliphatic carbocycles. The number of nitrogens with one attached hydrogen (secondary N) is 1. The standard InChI is InChI=1S/C22H26N4OS/c1-4-26(5-2)19(17-11-7-6-8-12-17)15-24-21(27)20-16(3)25-22(28-20)18-13-9-10-14-23-18/h6-14,19H,4-5,15H2,1-3H3,(H,24,27). The fraction of sp³-hybridized carbons (Fsp3) is 0.318. The molecule has 0 saturated carbocycles. The topological polar surface area (TPSA) is 58.1 Å². The van der Waals surface area contributed by atoms with Crippen LogP contribution in [-0.4, -0.2) is 40.4 Å². The van der Waals surface area contributed by atoms with Crippen LogP contribution >= 0.6 is 11.3 Å². The average molecular weight is 395 g/mol. The van der Waals surface area contributed by atoms with Gasteiger partial charge in [-0.2, -0.15) is 0 Å². The van der Waals surface area contributed by atoms with Gasteiger partial charge in [-0.05, 0) is 37.7 Å². The third kappa shape index (κ3) is 4.64. The molecule has 1 N–H and O–H groups in total. The van der Waals surface area contributed by atoms with Crippen LogP contribution in [0, 0.1) is 6.92 Å². The Morgan fingerprint density at radius 2 is 1.82 bits per heavy atom. The minimum Gasteiger partial charge on any atom is -0.349 e. The van der Waals surface area contributed by atoms with Gasteiger partial charge in [0.25, 0.3) is 5.91 Å². The molecule has 1 amide bonds. The first-order chi connectivity index (χ1) is 13.6. The van der Waals surface area contributed by atoms with Crippen molar-refractivity contribution in [3.05, 3.63) is 70.9 Å². The number of aromatic nitrogens is 2. The van der Waals surface area contributed by atoms with Crippen molar-refractivity contribution in [2.24, 2.45) is 0 Å². The maximum Gasteiger partial charge on any atom is 0.263 e. The summed E-state index contributed by atoms with van der Waals surface area (Å²) in [5, 5.41) is 3.89. The van der Waals surface area contributed by atoms with Crippen molar-refractivity contribution < 1.29 is 4.79 Å². The maximum atomic E-state index is 12.9. The number of pyridine rings is 1. The summed E-state index contributed by atoms with van der Waals surface area (Å²) in [6.45, 7) is 8.57. The Labute approximate surface area is 170 Å². The lowest BCUT2D eigenvalue weighted by molar-refractivity contribution is 0.0938. The fourth-order valence-electron chi connectivity index (χ4n) is 3.27. The van der Waals surface area contributed by atoms with E-state index in [0.717, 1.165) is 29.5 Å². The smallest absolute Gasteiger partial charge is 0.263 e. The molecule has 2 aromatic heterocycles. The molecule has 1 aromatic carbocycles. The van der Waals surface area contributed by atoms with Crippen molar-refractivity contribution in [2.75, 3.05) is 19.6 Å². The largest absolute Gasteiger partial charge is 0.349 e. The summed E-state index contributed by atoms with van der Waals surface area (Å²) < 4.78 is 0. The van der Waals surface area contributed by atoms with Crippen LogP contribution in [0.15, 0.2) is 54.7 Å². The van der Waals surface area contributed by atoms with Crippen LogP contribution in [0.3, 0.4) is 0 Å². The monoisotopic (exact) mass is 394 g/mol. The van der Waals surface area contributed by atoms with Crippen LogP contribution in [0.25, 0.3) is 10.7 Å². The molecule has 3 rings (SSSR count). The first-order valence-corrected chi connectivity index (χ1v) is 10.4. The van der Waals surface area contributed by atoms with E-state index < -0.39 is 0 Å². The Bertz CT molecular complexity index is 891. The predicted molar refractivity (Wildman–Crippen MR) is 115 cm³/mol. The van der Waals surface area contributed by atoms with Crippen LogP contribution in [0.1, 0.15) is 40.8 Å². The number of benzene rings is 1. The normalized spacial score (nSPS) is 12.1. The van der Waals surface area contributed by atoms with Crippen LogP contribution < -0.4 is 5.32 Å². The Morgan fingerprint density at radius 1 is 1.11 bits per heavy atom. The van der Waals surface area contributed by atoms with E-state index in [-0.39, 0.29) is 11.9 Å². The van der Waals surface area contributed by atoms with E-state index in [1.165, 1.54) is 16.9 Å². The van der Waals surface area contributed by atoms with E-state index in [4.69, 9.17) is 0 Å². The second kappa shape index (κ2) is 9.57. The molecule has 0 saturated heterocycles. The molecule has 0 fully saturated rings. The maximum absolute atomic E-state index is 12.9. The van der Waals surface area contributed by atoms with E-state index in [2.05, 4.69) is 46.2 Å². The number of amides is 1. The zero-order valence-corrected chi connectivity index (χ0v) is 17.4. The number of rotatable bonds is 8. The van der Waals surface area contributed by atoms with E-state index in [0.29, 0.717) is 11.4 Å². The van der Waals surface area contributed by atoms with Gasteiger partial charge in [0.1, 0.15) is 9.88 Å². The highest BCUT2D eigenvalue weighted by Gasteiger charge is 2.21. The van der Waals surface area contributed by atoms with Gasteiger partial charge < -0.3 is 5.32 Å². The molecule has 0 radical (unpaired) electrons. The molecule has 1 unspecified atom stereocenters. The van der Waals surface area contributed by atoms with Crippen molar-refractivity contribution in [1.82, 2.24) is 20.2 Å². The Morgan fingerprint density at radius 3 is 2.46 bits per heavy atom. The predicted octanol–water partition coefficient (Wildman–Crippen LogP) is 4.33. The zero-order valence-electron chi connectivity index (χ0n) is 16.6. The fourth-order valence-corrected chi connectivity index (χ4v) is 4.23. The minimum absolute atomic E-state index is 0.0785. The number of hydrogen-bond donors (Lipinski definition) is 1. The summed E-state index contributed by atoms with van der Waals surface area (Å²) in [5.41, 5.74) is 2.74.